The summed E-state index contributed by atoms with van der Waals surface area (Å²) in [5.74, 6) is -0.0961. The number of nitrogens with zero attached hydrogens (tertiary/aromatic N) is 1. The molecule has 0 aromatic heterocycles. The van der Waals surface area contributed by atoms with Crippen molar-refractivity contribution in [2.75, 3.05) is 14.1 Å². The van der Waals surface area contributed by atoms with Gasteiger partial charge in [0.1, 0.15) is 5.82 Å². The first kappa shape index (κ1) is 13.5. The molecule has 1 aromatic carbocycles. The van der Waals surface area contributed by atoms with Gasteiger partial charge in [-0.1, -0.05) is 31.0 Å². The first-order chi connectivity index (χ1) is 8.72. The Hall–Kier alpha value is -0.930. The highest BCUT2D eigenvalue weighted by Crippen LogP contribution is 2.23. The third-order valence-corrected chi connectivity index (χ3v) is 4.04. The molecule has 1 aliphatic carbocycles. The average molecular weight is 250 g/mol. The molecule has 18 heavy (non-hydrogen) atoms. The molecule has 100 valence electrons. The van der Waals surface area contributed by atoms with Crippen LogP contribution in [0.1, 0.15) is 31.2 Å². The quantitative estimate of drug-likeness (QED) is 0.884. The smallest absolute Gasteiger partial charge is 0.127 e. The minimum Gasteiger partial charge on any atom is -0.315 e. The fourth-order valence-electron chi connectivity index (χ4n) is 2.99. The molecule has 1 aliphatic rings. The summed E-state index contributed by atoms with van der Waals surface area (Å²) < 4.78 is 13.7. The second kappa shape index (κ2) is 6.30. The Morgan fingerprint density at radius 1 is 1.28 bits per heavy atom. The summed E-state index contributed by atoms with van der Waals surface area (Å²) in [6.07, 6.45) is 5.01. The summed E-state index contributed by atoms with van der Waals surface area (Å²) in [7, 11) is 4.13. The molecule has 0 saturated heterocycles. The molecule has 0 radical (unpaired) electrons. The van der Waals surface area contributed by atoms with Crippen LogP contribution in [0.4, 0.5) is 4.39 Å². The molecule has 1 N–H and O–H groups in total. The van der Waals surface area contributed by atoms with Crippen LogP contribution in [0.15, 0.2) is 24.3 Å². The fourth-order valence-corrected chi connectivity index (χ4v) is 2.99. The normalized spacial score (nSPS) is 24.4. The summed E-state index contributed by atoms with van der Waals surface area (Å²) in [6.45, 7) is 0.690. The summed E-state index contributed by atoms with van der Waals surface area (Å²) >= 11 is 0. The van der Waals surface area contributed by atoms with Crippen LogP contribution in [0.5, 0.6) is 0 Å². The van der Waals surface area contributed by atoms with E-state index >= 15 is 0 Å². The standard InChI is InChI=1S/C15H23FN2/c1-17-14-9-5-6-10-15(14)18(2)11-12-7-3-4-8-13(12)16/h3-4,7-8,14-15,17H,5-6,9-11H2,1-2H3. The lowest BCUT2D eigenvalue weighted by Gasteiger charge is -2.38. The number of hydrogen-bond acceptors (Lipinski definition) is 2. The van der Waals surface area contributed by atoms with Gasteiger partial charge >= 0.3 is 0 Å². The highest BCUT2D eigenvalue weighted by atomic mass is 19.1. The molecule has 3 heteroatoms. The van der Waals surface area contributed by atoms with E-state index in [1.807, 2.05) is 19.2 Å². The van der Waals surface area contributed by atoms with Gasteiger partial charge in [-0.25, -0.2) is 4.39 Å². The van der Waals surface area contributed by atoms with Crippen molar-refractivity contribution >= 4 is 0 Å². The van der Waals surface area contributed by atoms with E-state index in [9.17, 15) is 4.39 Å². The Kier molecular flexibility index (Phi) is 4.72. The van der Waals surface area contributed by atoms with Crippen molar-refractivity contribution in [2.24, 2.45) is 0 Å². The van der Waals surface area contributed by atoms with Crippen LogP contribution in [0.25, 0.3) is 0 Å². The molecular formula is C15H23FN2. The minimum absolute atomic E-state index is 0.0961. The molecule has 0 bridgehead atoms. The van der Waals surface area contributed by atoms with Crippen molar-refractivity contribution < 1.29 is 4.39 Å². The van der Waals surface area contributed by atoms with E-state index in [2.05, 4.69) is 17.3 Å². The van der Waals surface area contributed by atoms with E-state index in [1.54, 1.807) is 12.1 Å². The lowest BCUT2D eigenvalue weighted by atomic mass is 9.89. The van der Waals surface area contributed by atoms with E-state index < -0.39 is 0 Å². The van der Waals surface area contributed by atoms with Gasteiger partial charge < -0.3 is 5.32 Å². The molecular weight excluding hydrogens is 227 g/mol. The van der Waals surface area contributed by atoms with Crippen molar-refractivity contribution in [1.82, 2.24) is 10.2 Å². The average Bonchev–Trinajstić information content (AvgIpc) is 2.41. The molecule has 2 unspecified atom stereocenters. The summed E-state index contributed by atoms with van der Waals surface area (Å²) in [4.78, 5) is 2.29. The second-order valence-corrected chi connectivity index (χ2v) is 5.25. The molecule has 1 aromatic rings. The van der Waals surface area contributed by atoms with Gasteiger partial charge in [-0.2, -0.15) is 0 Å². The Morgan fingerprint density at radius 2 is 2.00 bits per heavy atom. The minimum atomic E-state index is -0.0961. The summed E-state index contributed by atoms with van der Waals surface area (Å²) in [5, 5.41) is 3.40. The number of benzene rings is 1. The largest absolute Gasteiger partial charge is 0.315 e. The summed E-state index contributed by atoms with van der Waals surface area (Å²) in [5.41, 5.74) is 0.792. The van der Waals surface area contributed by atoms with Gasteiger partial charge in [0.05, 0.1) is 0 Å². The zero-order chi connectivity index (χ0) is 13.0. The van der Waals surface area contributed by atoms with Crippen LogP contribution in [-0.4, -0.2) is 31.1 Å². The number of rotatable bonds is 4. The van der Waals surface area contributed by atoms with Crippen molar-refractivity contribution in [2.45, 2.75) is 44.3 Å². The van der Waals surface area contributed by atoms with Gasteiger partial charge in [0.25, 0.3) is 0 Å². The van der Waals surface area contributed by atoms with Gasteiger partial charge in [-0.15, -0.1) is 0 Å². The molecule has 2 rings (SSSR count). The van der Waals surface area contributed by atoms with E-state index in [-0.39, 0.29) is 5.82 Å². The molecule has 0 spiro atoms. The monoisotopic (exact) mass is 250 g/mol. The molecule has 1 saturated carbocycles. The zero-order valence-corrected chi connectivity index (χ0v) is 11.3. The van der Waals surface area contributed by atoms with Crippen LogP contribution in [0.2, 0.25) is 0 Å². The predicted octanol–water partition coefficient (Wildman–Crippen LogP) is 2.79. The van der Waals surface area contributed by atoms with Crippen LogP contribution in [0, 0.1) is 5.82 Å². The Balaban J connectivity index is 2.02. The van der Waals surface area contributed by atoms with Crippen LogP contribution >= 0.6 is 0 Å². The number of likely N-dealkylation sites (N-methyl/N-ethyl adjacent to an activating group) is 2. The highest BCUT2D eigenvalue weighted by molar-refractivity contribution is 5.17. The topological polar surface area (TPSA) is 15.3 Å². The van der Waals surface area contributed by atoms with Crippen molar-refractivity contribution in [3.8, 4) is 0 Å². The van der Waals surface area contributed by atoms with Crippen LogP contribution in [0.3, 0.4) is 0 Å². The zero-order valence-electron chi connectivity index (χ0n) is 11.3. The molecule has 0 amide bonds. The predicted molar refractivity (Wildman–Crippen MR) is 73.0 cm³/mol. The van der Waals surface area contributed by atoms with E-state index in [0.29, 0.717) is 18.6 Å². The first-order valence-electron chi connectivity index (χ1n) is 6.83. The van der Waals surface area contributed by atoms with E-state index in [4.69, 9.17) is 0 Å². The van der Waals surface area contributed by atoms with Gasteiger partial charge in [0.15, 0.2) is 0 Å². The molecule has 2 nitrogen and oxygen atoms in total. The third-order valence-electron chi connectivity index (χ3n) is 4.04. The fraction of sp³-hybridized carbons (Fsp3) is 0.600. The molecule has 0 aliphatic heterocycles. The van der Waals surface area contributed by atoms with Gasteiger partial charge in [-0.05, 0) is 33.0 Å². The van der Waals surface area contributed by atoms with Crippen LogP contribution in [-0.2, 0) is 6.54 Å². The van der Waals surface area contributed by atoms with Crippen molar-refractivity contribution in [3.05, 3.63) is 35.6 Å². The van der Waals surface area contributed by atoms with E-state index in [1.165, 1.54) is 25.7 Å². The highest BCUT2D eigenvalue weighted by Gasteiger charge is 2.27. The maximum Gasteiger partial charge on any atom is 0.127 e. The van der Waals surface area contributed by atoms with Crippen molar-refractivity contribution in [3.63, 3.8) is 0 Å². The molecule has 0 heterocycles. The SMILES string of the molecule is CNC1CCCCC1N(C)Cc1ccccc1F. The summed E-state index contributed by atoms with van der Waals surface area (Å²) in [6, 6.07) is 8.13. The lowest BCUT2D eigenvalue weighted by Crippen LogP contribution is -2.49. The lowest BCUT2D eigenvalue weighted by molar-refractivity contribution is 0.146. The van der Waals surface area contributed by atoms with Gasteiger partial charge in [0, 0.05) is 24.2 Å². The third kappa shape index (κ3) is 3.09. The van der Waals surface area contributed by atoms with E-state index in [0.717, 1.165) is 5.56 Å². The number of halogens is 1. The van der Waals surface area contributed by atoms with Crippen molar-refractivity contribution in [1.29, 1.82) is 0 Å². The molecule has 2 atom stereocenters. The van der Waals surface area contributed by atoms with Gasteiger partial charge in [0.2, 0.25) is 0 Å². The van der Waals surface area contributed by atoms with Crippen LogP contribution < -0.4 is 5.32 Å². The molecule has 1 fully saturated rings. The Morgan fingerprint density at radius 3 is 2.72 bits per heavy atom. The number of nitrogens with one attached hydrogen (secondary N) is 1. The Labute approximate surface area is 109 Å². The Bertz CT molecular complexity index is 381. The number of hydrogen-bond donors (Lipinski definition) is 1. The second-order valence-electron chi connectivity index (χ2n) is 5.25. The maximum absolute atomic E-state index is 13.7. The van der Waals surface area contributed by atoms with Gasteiger partial charge in [-0.3, -0.25) is 4.90 Å². The first-order valence-corrected chi connectivity index (χ1v) is 6.83. The maximum atomic E-state index is 13.7.